The van der Waals surface area contributed by atoms with Crippen molar-refractivity contribution >= 4 is 46.8 Å². The molecule has 0 aliphatic carbocycles. The molecule has 9 N–H and O–H groups in total. The molecule has 0 aliphatic heterocycles. The zero-order chi connectivity index (χ0) is 51.7. The monoisotopic (exact) mass is 949 g/mol. The summed E-state index contributed by atoms with van der Waals surface area (Å²) in [5, 5.41) is 91.3. The summed E-state index contributed by atoms with van der Waals surface area (Å²) >= 11 is 0. The van der Waals surface area contributed by atoms with Crippen LogP contribution in [0.4, 0.5) is 11.4 Å². The van der Waals surface area contributed by atoms with Gasteiger partial charge in [-0.1, -0.05) is 0 Å². The quantitative estimate of drug-likeness (QED) is 0.0642. The number of amides is 6. The number of nitrogens with zero attached hydrogens (tertiary/aromatic N) is 6. The van der Waals surface area contributed by atoms with Gasteiger partial charge in [-0.2, -0.15) is 0 Å². The highest BCUT2D eigenvalue weighted by atomic mass is 16.3. The van der Waals surface area contributed by atoms with Crippen molar-refractivity contribution in [1.29, 1.82) is 0 Å². The molecule has 2 aromatic carbocycles. The van der Waals surface area contributed by atoms with Crippen molar-refractivity contribution in [3.05, 3.63) is 55.6 Å². The normalized spacial score (nSPS) is 14.1. The van der Waals surface area contributed by atoms with Gasteiger partial charge in [-0.3, -0.25) is 28.8 Å². The van der Waals surface area contributed by atoms with Gasteiger partial charge < -0.3 is 75.4 Å². The van der Waals surface area contributed by atoms with E-state index in [1.54, 1.807) is 0 Å². The zero-order valence-corrected chi connectivity index (χ0v) is 41.0. The second-order valence-electron chi connectivity index (χ2n) is 17.7. The van der Waals surface area contributed by atoms with Crippen LogP contribution in [0.2, 0.25) is 0 Å². The van der Waals surface area contributed by atoms with Crippen LogP contribution < -0.4 is 9.80 Å². The van der Waals surface area contributed by atoms with Crippen LogP contribution in [-0.4, -0.2) is 225 Å². The van der Waals surface area contributed by atoms with E-state index in [0.29, 0.717) is 0 Å². The molecule has 0 heterocycles. The highest BCUT2D eigenvalue weighted by molar-refractivity contribution is 6.09. The largest absolute Gasteiger partial charge is 0.394 e. The highest BCUT2D eigenvalue weighted by Crippen LogP contribution is 2.39. The molecule has 21 nitrogen and oxygen atoms in total. The number of aliphatic hydroxyl groups is 9. The Morgan fingerprint density at radius 3 is 0.791 bits per heavy atom. The van der Waals surface area contributed by atoms with E-state index in [4.69, 9.17) is 0 Å². The minimum absolute atomic E-state index is 0.0383. The van der Waals surface area contributed by atoms with Gasteiger partial charge in [0.15, 0.2) is 0 Å². The predicted molar refractivity (Wildman–Crippen MR) is 248 cm³/mol. The standard InChI is InChI=1S/C46H72N6O15/c1-24-36(42(63)47(10)14-32(59)18-53)26(3)40(27(4)37(24)43(64)48(11)15-33(60)19-54)51(30(7)57)22-46(9,67)23-52(31(8)58)41-28(5)38(44(65)49(12)16-34(61)20-55)25(2)39(29(41)6)45(66)50(13)17-35(62)21-56/h32-35,53-56,59-62,67H,14-23H2,1-13H3. The van der Waals surface area contributed by atoms with Crippen molar-refractivity contribution in [1.82, 2.24) is 19.6 Å². The van der Waals surface area contributed by atoms with Gasteiger partial charge >= 0.3 is 0 Å². The van der Waals surface area contributed by atoms with Crippen molar-refractivity contribution in [3.8, 4) is 0 Å². The first kappa shape index (κ1) is 58.0. The van der Waals surface area contributed by atoms with Gasteiger partial charge in [0.25, 0.3) is 23.6 Å². The van der Waals surface area contributed by atoms with Crippen LogP contribution in [0.25, 0.3) is 0 Å². The molecule has 67 heavy (non-hydrogen) atoms. The molecular formula is C46H72N6O15. The van der Waals surface area contributed by atoms with Crippen LogP contribution >= 0.6 is 0 Å². The predicted octanol–water partition coefficient (Wildman–Crippen LogP) is -1.61. The fraction of sp³-hybridized carbons (Fsp3) is 0.609. The SMILES string of the molecule is CC(=O)N(CC(C)(O)CN(C(C)=O)c1c(C)c(C(=O)N(C)CC(O)CO)c(C)c(C(=O)N(C)CC(O)CO)c1C)c1c(C)c(C(=O)N(C)CC(O)CO)c(C)c(C(=O)N(C)CC(O)CO)c1C. The molecular weight excluding hydrogens is 877 g/mol. The molecule has 4 unspecified atom stereocenters. The number of carbonyl (C=O) groups excluding carboxylic acids is 6. The summed E-state index contributed by atoms with van der Waals surface area (Å²) in [6.07, 6.45) is -5.26. The average Bonchev–Trinajstić information content (AvgIpc) is 3.24. The average molecular weight is 949 g/mol. The Balaban J connectivity index is 3.03. The van der Waals surface area contributed by atoms with Crippen LogP contribution in [0.15, 0.2) is 0 Å². The van der Waals surface area contributed by atoms with E-state index in [0.717, 1.165) is 29.4 Å². The lowest BCUT2D eigenvalue weighted by Crippen LogP contribution is -2.52. The summed E-state index contributed by atoms with van der Waals surface area (Å²) in [7, 11) is 5.48. The van der Waals surface area contributed by atoms with E-state index in [-0.39, 0.29) is 93.2 Å². The number of rotatable bonds is 22. The fourth-order valence-corrected chi connectivity index (χ4v) is 8.52. The van der Waals surface area contributed by atoms with Gasteiger partial charge in [-0.05, 0) is 81.8 Å². The minimum atomic E-state index is -2.07. The van der Waals surface area contributed by atoms with Crippen LogP contribution in [0.1, 0.15) is 95.6 Å². The van der Waals surface area contributed by atoms with Gasteiger partial charge in [0.2, 0.25) is 11.8 Å². The van der Waals surface area contributed by atoms with E-state index in [1.807, 2.05) is 0 Å². The first-order chi connectivity index (χ1) is 31.0. The minimum Gasteiger partial charge on any atom is -0.394 e. The Kier molecular flexibility index (Phi) is 21.0. The van der Waals surface area contributed by atoms with Crippen LogP contribution in [0, 0.1) is 41.5 Å². The third kappa shape index (κ3) is 13.5. The van der Waals surface area contributed by atoms with Gasteiger partial charge in [0.05, 0.1) is 80.9 Å². The molecule has 0 radical (unpaired) electrons. The maximum atomic E-state index is 14.2. The Labute approximate surface area is 392 Å². The second-order valence-corrected chi connectivity index (χ2v) is 17.7. The fourth-order valence-electron chi connectivity index (χ4n) is 8.52. The van der Waals surface area contributed by atoms with Crippen molar-refractivity contribution < 1.29 is 74.7 Å². The summed E-state index contributed by atoms with van der Waals surface area (Å²) in [5.41, 5.74) is -1.05. The molecule has 4 atom stereocenters. The number of aliphatic hydroxyl groups excluding tert-OH is 8. The van der Waals surface area contributed by atoms with Crippen LogP contribution in [0.3, 0.4) is 0 Å². The molecule has 0 spiro atoms. The summed E-state index contributed by atoms with van der Waals surface area (Å²) in [5.74, 6) is -4.10. The van der Waals surface area contributed by atoms with E-state index < -0.39 is 105 Å². The molecule has 0 bridgehead atoms. The third-order valence-corrected chi connectivity index (χ3v) is 11.7. The lowest BCUT2D eigenvalue weighted by atomic mass is 9.88. The number of anilines is 2. The first-order valence-electron chi connectivity index (χ1n) is 21.7. The van der Waals surface area contributed by atoms with Gasteiger partial charge in [-0.25, -0.2) is 0 Å². The number of benzene rings is 2. The van der Waals surface area contributed by atoms with E-state index in [2.05, 4.69) is 0 Å². The van der Waals surface area contributed by atoms with Crippen molar-refractivity contribution in [2.45, 2.75) is 92.3 Å². The lowest BCUT2D eigenvalue weighted by molar-refractivity contribution is -0.117. The second kappa shape index (κ2) is 24.3. The Morgan fingerprint density at radius 1 is 0.433 bits per heavy atom. The van der Waals surface area contributed by atoms with Gasteiger partial charge in [-0.15, -0.1) is 0 Å². The third-order valence-electron chi connectivity index (χ3n) is 11.7. The topological polar surface area (TPSA) is 304 Å². The summed E-state index contributed by atoms with van der Waals surface area (Å²) < 4.78 is 0. The van der Waals surface area contributed by atoms with Gasteiger partial charge in [0.1, 0.15) is 0 Å². The number of hydrogen-bond acceptors (Lipinski definition) is 15. The van der Waals surface area contributed by atoms with Crippen LogP contribution in [-0.2, 0) is 9.59 Å². The van der Waals surface area contributed by atoms with Crippen molar-refractivity contribution in [2.75, 3.05) is 104 Å². The van der Waals surface area contributed by atoms with E-state index in [1.165, 1.54) is 90.5 Å². The highest BCUT2D eigenvalue weighted by Gasteiger charge is 2.38. The molecule has 0 saturated carbocycles. The summed E-state index contributed by atoms with van der Waals surface area (Å²) in [6.45, 7) is 7.82. The maximum absolute atomic E-state index is 14.2. The molecule has 0 fully saturated rings. The number of carbonyl (C=O) groups is 6. The summed E-state index contributed by atoms with van der Waals surface area (Å²) in [6, 6.07) is 0. The Morgan fingerprint density at radius 2 is 0.627 bits per heavy atom. The molecule has 2 aromatic rings. The molecule has 376 valence electrons. The van der Waals surface area contributed by atoms with Crippen molar-refractivity contribution in [3.63, 3.8) is 0 Å². The molecule has 0 aromatic heterocycles. The zero-order valence-electron chi connectivity index (χ0n) is 41.0. The van der Waals surface area contributed by atoms with Crippen molar-refractivity contribution in [2.24, 2.45) is 0 Å². The van der Waals surface area contributed by atoms with Crippen LogP contribution in [0.5, 0.6) is 0 Å². The smallest absolute Gasteiger partial charge is 0.254 e. The molecule has 6 amide bonds. The Hall–Kier alpha value is -5.10. The molecule has 2 rings (SSSR count). The Bertz CT molecular complexity index is 1900. The summed E-state index contributed by atoms with van der Waals surface area (Å²) in [4.78, 5) is 91.4. The van der Waals surface area contributed by atoms with E-state index >= 15 is 0 Å². The maximum Gasteiger partial charge on any atom is 0.254 e. The molecule has 0 saturated heterocycles. The lowest BCUT2D eigenvalue weighted by Gasteiger charge is -2.38. The number of likely N-dealkylation sites (N-methyl/N-ethyl adjacent to an activating group) is 4. The van der Waals surface area contributed by atoms with E-state index in [9.17, 15) is 74.7 Å². The van der Waals surface area contributed by atoms with Gasteiger partial charge in [0, 0.05) is 90.5 Å². The number of hydrogen-bond donors (Lipinski definition) is 9. The molecule has 0 aliphatic rings. The first-order valence-corrected chi connectivity index (χ1v) is 21.7. The molecule has 21 heteroatoms.